The second-order valence-electron chi connectivity index (χ2n) is 6.43. The predicted octanol–water partition coefficient (Wildman–Crippen LogP) is 3.91. The predicted molar refractivity (Wildman–Crippen MR) is 98.3 cm³/mol. The van der Waals surface area contributed by atoms with Crippen LogP contribution in [0, 0.1) is 0 Å². The lowest BCUT2D eigenvalue weighted by Crippen LogP contribution is -2.46. The summed E-state index contributed by atoms with van der Waals surface area (Å²) in [5, 5.41) is 12.0. The number of ether oxygens (including phenoxy) is 1. The summed E-state index contributed by atoms with van der Waals surface area (Å²) >= 11 is 0. The molecule has 0 heterocycles. The molecule has 2 atom stereocenters. The molecule has 1 rings (SSSR count). The third-order valence-electron chi connectivity index (χ3n) is 4.18. The van der Waals surface area contributed by atoms with Gasteiger partial charge in [0.15, 0.2) is 0 Å². The average molecular weight is 349 g/mol. The summed E-state index contributed by atoms with van der Waals surface area (Å²) in [6, 6.07) is 8.11. The highest BCUT2D eigenvalue weighted by molar-refractivity contribution is 5.78. The van der Waals surface area contributed by atoms with Crippen LogP contribution in [0.4, 0.5) is 0 Å². The van der Waals surface area contributed by atoms with E-state index in [9.17, 15) is 9.59 Å². The van der Waals surface area contributed by atoms with E-state index < -0.39 is 18.1 Å². The van der Waals surface area contributed by atoms with Crippen molar-refractivity contribution in [2.45, 2.75) is 77.5 Å². The molecule has 0 saturated carbocycles. The van der Waals surface area contributed by atoms with Gasteiger partial charge in [-0.05, 0) is 18.9 Å². The molecule has 0 aliphatic rings. The fraction of sp³-hybridized carbons (Fsp3) is 0.600. The maximum atomic E-state index is 12.4. The first-order valence-corrected chi connectivity index (χ1v) is 9.24. The van der Waals surface area contributed by atoms with Crippen LogP contribution < -0.4 is 5.32 Å². The molecule has 0 spiro atoms. The molecule has 0 radical (unpaired) electrons. The lowest BCUT2D eigenvalue weighted by atomic mass is 10.0. The molecule has 0 fully saturated rings. The fourth-order valence-corrected chi connectivity index (χ4v) is 2.60. The van der Waals surface area contributed by atoms with Crippen LogP contribution in [0.1, 0.15) is 64.4 Å². The highest BCUT2D eigenvalue weighted by Gasteiger charge is 2.24. The monoisotopic (exact) mass is 349 g/mol. The van der Waals surface area contributed by atoms with Crippen molar-refractivity contribution in [1.82, 2.24) is 5.32 Å². The summed E-state index contributed by atoms with van der Waals surface area (Å²) in [5.41, 5.74) is 0.917. The van der Waals surface area contributed by atoms with E-state index in [0.29, 0.717) is 6.42 Å². The van der Waals surface area contributed by atoms with Gasteiger partial charge in [0.25, 0.3) is 0 Å². The third-order valence-corrected chi connectivity index (χ3v) is 4.18. The van der Waals surface area contributed by atoms with Crippen LogP contribution in [0.3, 0.4) is 0 Å². The number of benzene rings is 1. The smallest absolute Gasteiger partial charge is 0.323 e. The van der Waals surface area contributed by atoms with E-state index in [0.717, 1.165) is 24.8 Å². The number of hydrogen-bond donors (Lipinski definition) is 2. The second-order valence-corrected chi connectivity index (χ2v) is 6.43. The van der Waals surface area contributed by atoms with E-state index in [-0.39, 0.29) is 12.6 Å². The van der Waals surface area contributed by atoms with Gasteiger partial charge in [-0.25, -0.2) is 0 Å². The quantitative estimate of drug-likeness (QED) is 0.417. The number of hydrogen-bond acceptors (Lipinski definition) is 4. The van der Waals surface area contributed by atoms with Gasteiger partial charge in [-0.15, -0.1) is 0 Å². The van der Waals surface area contributed by atoms with Gasteiger partial charge in [-0.2, -0.15) is 0 Å². The van der Waals surface area contributed by atoms with Crippen LogP contribution in [-0.2, 0) is 20.9 Å². The first-order valence-electron chi connectivity index (χ1n) is 9.24. The molecule has 25 heavy (non-hydrogen) atoms. The van der Waals surface area contributed by atoms with Gasteiger partial charge >= 0.3 is 11.9 Å². The molecule has 0 saturated heterocycles. The van der Waals surface area contributed by atoms with Crippen LogP contribution in [-0.4, -0.2) is 29.1 Å². The Morgan fingerprint density at radius 3 is 2.36 bits per heavy atom. The van der Waals surface area contributed by atoms with E-state index >= 15 is 0 Å². The van der Waals surface area contributed by atoms with Crippen LogP contribution in [0.5, 0.6) is 0 Å². The minimum absolute atomic E-state index is 0.204. The maximum absolute atomic E-state index is 12.4. The molecule has 5 nitrogen and oxygen atoms in total. The van der Waals surface area contributed by atoms with E-state index in [2.05, 4.69) is 12.2 Å². The Labute approximate surface area is 150 Å². The third kappa shape index (κ3) is 9.25. The van der Waals surface area contributed by atoms with Crippen LogP contribution in [0.15, 0.2) is 30.3 Å². The number of unbranched alkanes of at least 4 members (excludes halogenated alkanes) is 5. The van der Waals surface area contributed by atoms with Crippen molar-refractivity contribution in [3.63, 3.8) is 0 Å². The van der Waals surface area contributed by atoms with Gasteiger partial charge in [0.05, 0.1) is 0 Å². The molecule has 0 unspecified atom stereocenters. The SMILES string of the molecule is CCCCCCCC[C@H](N[C@@H](C)C(=O)O)C(=O)OCc1ccccc1. The molecule has 0 aliphatic carbocycles. The highest BCUT2D eigenvalue weighted by atomic mass is 16.5. The largest absolute Gasteiger partial charge is 0.480 e. The van der Waals surface area contributed by atoms with Gasteiger partial charge in [-0.1, -0.05) is 75.8 Å². The molecular formula is C20H31NO4. The number of carbonyl (C=O) groups is 2. The Balaban J connectivity index is 2.47. The van der Waals surface area contributed by atoms with Crippen LogP contribution >= 0.6 is 0 Å². The number of nitrogens with one attached hydrogen (secondary N) is 1. The summed E-state index contributed by atoms with van der Waals surface area (Å²) in [4.78, 5) is 23.4. The molecule has 5 heteroatoms. The van der Waals surface area contributed by atoms with Gasteiger partial charge < -0.3 is 9.84 Å². The number of rotatable bonds is 13. The highest BCUT2D eigenvalue weighted by Crippen LogP contribution is 2.11. The van der Waals surface area contributed by atoms with Crippen LogP contribution in [0.25, 0.3) is 0 Å². The molecule has 0 amide bonds. The van der Waals surface area contributed by atoms with Crippen LogP contribution in [0.2, 0.25) is 0 Å². The molecule has 2 N–H and O–H groups in total. The lowest BCUT2D eigenvalue weighted by molar-refractivity contribution is -0.148. The first-order chi connectivity index (χ1) is 12.0. The van der Waals surface area contributed by atoms with E-state index in [4.69, 9.17) is 9.84 Å². The fourth-order valence-electron chi connectivity index (χ4n) is 2.60. The van der Waals surface area contributed by atoms with Crippen molar-refractivity contribution in [3.8, 4) is 0 Å². The van der Waals surface area contributed by atoms with Crippen molar-refractivity contribution in [2.24, 2.45) is 0 Å². The summed E-state index contributed by atoms with van der Waals surface area (Å²) in [6.45, 7) is 3.92. The molecule has 0 aliphatic heterocycles. The van der Waals surface area contributed by atoms with Gasteiger partial charge in [-0.3, -0.25) is 14.9 Å². The van der Waals surface area contributed by atoms with Crippen molar-refractivity contribution in [2.75, 3.05) is 0 Å². The number of aliphatic carboxylic acids is 1. The van der Waals surface area contributed by atoms with Crippen molar-refractivity contribution >= 4 is 11.9 Å². The Kier molecular flexibility index (Phi) is 10.6. The second kappa shape index (κ2) is 12.5. The molecule has 0 bridgehead atoms. The lowest BCUT2D eigenvalue weighted by Gasteiger charge is -2.20. The van der Waals surface area contributed by atoms with Gasteiger partial charge in [0.1, 0.15) is 18.7 Å². The maximum Gasteiger partial charge on any atom is 0.323 e. The average Bonchev–Trinajstić information content (AvgIpc) is 2.62. The van der Waals surface area contributed by atoms with E-state index in [1.54, 1.807) is 6.92 Å². The first kappa shape index (κ1) is 21.2. The summed E-state index contributed by atoms with van der Waals surface area (Å²) in [5.74, 6) is -1.35. The van der Waals surface area contributed by atoms with E-state index in [1.165, 1.54) is 19.3 Å². The number of carboxylic acid groups (broad SMARTS) is 1. The zero-order valence-corrected chi connectivity index (χ0v) is 15.4. The van der Waals surface area contributed by atoms with Crippen molar-refractivity contribution in [1.29, 1.82) is 0 Å². The molecule has 140 valence electrons. The normalized spacial score (nSPS) is 13.2. The minimum atomic E-state index is -0.969. The van der Waals surface area contributed by atoms with Gasteiger partial charge in [0.2, 0.25) is 0 Å². The Morgan fingerprint density at radius 2 is 1.72 bits per heavy atom. The zero-order chi connectivity index (χ0) is 18.5. The zero-order valence-electron chi connectivity index (χ0n) is 15.4. The summed E-state index contributed by atoms with van der Waals surface area (Å²) in [6.07, 6.45) is 7.31. The molecular weight excluding hydrogens is 318 g/mol. The van der Waals surface area contributed by atoms with E-state index in [1.807, 2.05) is 30.3 Å². The topological polar surface area (TPSA) is 75.6 Å². The number of carbonyl (C=O) groups excluding carboxylic acids is 1. The molecule has 0 aromatic heterocycles. The Morgan fingerprint density at radius 1 is 1.08 bits per heavy atom. The van der Waals surface area contributed by atoms with Crippen molar-refractivity contribution < 1.29 is 19.4 Å². The molecule has 1 aromatic carbocycles. The minimum Gasteiger partial charge on any atom is -0.480 e. The summed E-state index contributed by atoms with van der Waals surface area (Å²) < 4.78 is 5.37. The Hall–Kier alpha value is -1.88. The Bertz CT molecular complexity index is 504. The summed E-state index contributed by atoms with van der Waals surface area (Å²) in [7, 11) is 0. The molecule has 1 aromatic rings. The standard InChI is InChI=1S/C20H31NO4/c1-3-4-5-6-7-11-14-18(21-16(2)19(22)23)20(24)25-15-17-12-9-8-10-13-17/h8-10,12-13,16,18,21H,3-7,11,14-15H2,1-2H3,(H,22,23)/t16-,18-/m0/s1. The van der Waals surface area contributed by atoms with Crippen molar-refractivity contribution in [3.05, 3.63) is 35.9 Å². The number of carboxylic acids is 1. The van der Waals surface area contributed by atoms with Gasteiger partial charge in [0, 0.05) is 0 Å². The number of esters is 1.